The van der Waals surface area contributed by atoms with Crippen LogP contribution in [0.3, 0.4) is 0 Å². The van der Waals surface area contributed by atoms with Crippen LogP contribution < -0.4 is 5.32 Å². The Kier molecular flexibility index (Phi) is 7.61. The summed E-state index contributed by atoms with van der Waals surface area (Å²) in [6, 6.07) is 9.03. The van der Waals surface area contributed by atoms with Crippen LogP contribution in [-0.4, -0.2) is 55.3 Å². The molecule has 0 spiro atoms. The molecule has 2 aromatic heterocycles. The van der Waals surface area contributed by atoms with E-state index in [2.05, 4.69) is 15.4 Å². The van der Waals surface area contributed by atoms with Crippen molar-refractivity contribution in [2.45, 2.75) is 65.1 Å². The number of aromatic nitrogens is 3. The van der Waals surface area contributed by atoms with Crippen molar-refractivity contribution in [3.63, 3.8) is 0 Å². The van der Waals surface area contributed by atoms with Crippen LogP contribution in [0.15, 0.2) is 35.8 Å². The number of thiazole rings is 1. The summed E-state index contributed by atoms with van der Waals surface area (Å²) in [7, 11) is 1.85. The first kappa shape index (κ1) is 26.0. The molecule has 0 bridgehead atoms. The number of nitrogens with zero attached hydrogens (tertiary/aromatic N) is 4. The van der Waals surface area contributed by atoms with E-state index in [0.717, 1.165) is 27.4 Å². The van der Waals surface area contributed by atoms with E-state index < -0.39 is 18.1 Å². The fraction of sp³-hybridized carbons (Fsp3) is 0.481. The molecule has 0 aliphatic carbocycles. The normalized spacial score (nSPS) is 19.5. The SMILES string of the molecule is Cc1ncsc1-c1ccc([C@H](C)NC(=O)[C@@H]2C[C@@H](O)CN2C(=O)[C@@H](c2cc(C)n(C)n2)C(C)C)cc1. The highest BCUT2D eigenvalue weighted by atomic mass is 32.1. The molecule has 192 valence electrons. The summed E-state index contributed by atoms with van der Waals surface area (Å²) in [6.45, 7) is 9.96. The number of benzene rings is 1. The van der Waals surface area contributed by atoms with Gasteiger partial charge in [0.25, 0.3) is 0 Å². The van der Waals surface area contributed by atoms with E-state index in [0.29, 0.717) is 5.69 Å². The maximum absolute atomic E-state index is 13.7. The third-order valence-electron chi connectivity index (χ3n) is 7.03. The Bertz CT molecular complexity index is 1210. The molecule has 0 unspecified atom stereocenters. The van der Waals surface area contributed by atoms with Crippen LogP contribution in [0.1, 0.15) is 61.8 Å². The zero-order valence-corrected chi connectivity index (χ0v) is 22.5. The second-order valence-electron chi connectivity index (χ2n) is 10.1. The van der Waals surface area contributed by atoms with E-state index in [9.17, 15) is 14.7 Å². The van der Waals surface area contributed by atoms with Gasteiger partial charge in [-0.1, -0.05) is 38.1 Å². The van der Waals surface area contributed by atoms with Gasteiger partial charge in [0.2, 0.25) is 11.8 Å². The number of amides is 2. The van der Waals surface area contributed by atoms with Gasteiger partial charge < -0.3 is 15.3 Å². The van der Waals surface area contributed by atoms with E-state index in [-0.39, 0.29) is 36.7 Å². The predicted octanol–water partition coefficient (Wildman–Crippen LogP) is 3.74. The van der Waals surface area contributed by atoms with Gasteiger partial charge in [-0.05, 0) is 43.9 Å². The van der Waals surface area contributed by atoms with Gasteiger partial charge in [-0.3, -0.25) is 14.3 Å². The van der Waals surface area contributed by atoms with Crippen molar-refractivity contribution in [2.75, 3.05) is 6.54 Å². The molecular weight excluding hydrogens is 474 g/mol. The van der Waals surface area contributed by atoms with Gasteiger partial charge in [-0.15, -0.1) is 11.3 Å². The van der Waals surface area contributed by atoms with Crippen LogP contribution in [0, 0.1) is 19.8 Å². The molecule has 0 radical (unpaired) electrons. The Morgan fingerprint density at radius 1 is 1.17 bits per heavy atom. The molecule has 8 nitrogen and oxygen atoms in total. The summed E-state index contributed by atoms with van der Waals surface area (Å²) in [5, 5.41) is 18.0. The number of carbonyl (C=O) groups is 2. The van der Waals surface area contributed by atoms with Gasteiger partial charge in [0.05, 0.1) is 39.8 Å². The molecule has 3 heterocycles. The van der Waals surface area contributed by atoms with Crippen LogP contribution in [0.5, 0.6) is 0 Å². The van der Waals surface area contributed by atoms with Crippen LogP contribution in [0.2, 0.25) is 0 Å². The third-order valence-corrected chi connectivity index (χ3v) is 8.00. The largest absolute Gasteiger partial charge is 0.391 e. The molecular formula is C27H35N5O3S. The van der Waals surface area contributed by atoms with Gasteiger partial charge in [0.15, 0.2) is 0 Å². The van der Waals surface area contributed by atoms with Crippen molar-refractivity contribution < 1.29 is 14.7 Å². The van der Waals surface area contributed by atoms with Crippen molar-refractivity contribution in [3.05, 3.63) is 58.5 Å². The highest BCUT2D eigenvalue weighted by Crippen LogP contribution is 2.31. The average Bonchev–Trinajstić information content (AvgIpc) is 3.52. The molecule has 1 aliphatic heterocycles. The Morgan fingerprint density at radius 2 is 1.86 bits per heavy atom. The number of aryl methyl sites for hydroxylation is 3. The summed E-state index contributed by atoms with van der Waals surface area (Å²) in [5.41, 5.74) is 6.56. The molecule has 2 amide bonds. The number of carbonyl (C=O) groups excluding carboxylic acids is 2. The summed E-state index contributed by atoms with van der Waals surface area (Å²) in [5.74, 6) is -0.912. The maximum atomic E-state index is 13.7. The minimum atomic E-state index is -0.736. The number of nitrogens with one attached hydrogen (secondary N) is 1. The third kappa shape index (κ3) is 5.22. The molecule has 0 saturated carbocycles. The lowest BCUT2D eigenvalue weighted by atomic mass is 9.90. The molecule has 2 N–H and O–H groups in total. The number of hydrogen-bond acceptors (Lipinski definition) is 6. The first-order chi connectivity index (χ1) is 17.1. The van der Waals surface area contributed by atoms with Crippen molar-refractivity contribution in [3.8, 4) is 10.4 Å². The van der Waals surface area contributed by atoms with Crippen LogP contribution >= 0.6 is 11.3 Å². The molecule has 1 fully saturated rings. The maximum Gasteiger partial charge on any atom is 0.243 e. The van der Waals surface area contributed by atoms with Crippen LogP contribution in [-0.2, 0) is 16.6 Å². The fourth-order valence-corrected chi connectivity index (χ4v) is 5.68. The molecule has 1 aliphatic rings. The van der Waals surface area contributed by atoms with Gasteiger partial charge in [-0.25, -0.2) is 4.98 Å². The number of β-amino-alcohol motifs (C(OH)–C–C–N with tert-alkyl or cyclic N) is 1. The van der Waals surface area contributed by atoms with E-state index >= 15 is 0 Å². The summed E-state index contributed by atoms with van der Waals surface area (Å²) >= 11 is 1.60. The smallest absolute Gasteiger partial charge is 0.243 e. The summed E-state index contributed by atoms with van der Waals surface area (Å²) in [4.78, 5) is 34.0. The van der Waals surface area contributed by atoms with E-state index in [1.165, 1.54) is 4.90 Å². The van der Waals surface area contributed by atoms with Gasteiger partial charge in [0, 0.05) is 25.7 Å². The van der Waals surface area contributed by atoms with E-state index in [1.807, 2.05) is 77.5 Å². The fourth-order valence-electron chi connectivity index (χ4n) is 4.87. The number of hydrogen-bond donors (Lipinski definition) is 2. The number of aliphatic hydroxyl groups excluding tert-OH is 1. The van der Waals surface area contributed by atoms with E-state index in [4.69, 9.17) is 0 Å². The molecule has 4 rings (SSSR count). The lowest BCUT2D eigenvalue weighted by Crippen LogP contribution is -2.48. The second-order valence-corrected chi connectivity index (χ2v) is 10.9. The number of rotatable bonds is 7. The lowest BCUT2D eigenvalue weighted by Gasteiger charge is -2.30. The average molecular weight is 510 g/mol. The Morgan fingerprint density at radius 3 is 2.42 bits per heavy atom. The lowest BCUT2D eigenvalue weighted by molar-refractivity contribution is -0.140. The first-order valence-corrected chi connectivity index (χ1v) is 13.2. The monoisotopic (exact) mass is 509 g/mol. The molecule has 36 heavy (non-hydrogen) atoms. The molecule has 9 heteroatoms. The topological polar surface area (TPSA) is 100 Å². The highest BCUT2D eigenvalue weighted by Gasteiger charge is 2.43. The van der Waals surface area contributed by atoms with Gasteiger partial charge in [-0.2, -0.15) is 5.10 Å². The highest BCUT2D eigenvalue weighted by molar-refractivity contribution is 7.13. The minimum absolute atomic E-state index is 0.00660. The van der Waals surface area contributed by atoms with E-state index in [1.54, 1.807) is 16.0 Å². The Labute approximate surface area is 216 Å². The van der Waals surface area contributed by atoms with Crippen LogP contribution in [0.25, 0.3) is 10.4 Å². The van der Waals surface area contributed by atoms with Gasteiger partial charge in [0.1, 0.15) is 6.04 Å². The minimum Gasteiger partial charge on any atom is -0.391 e. The predicted molar refractivity (Wildman–Crippen MR) is 140 cm³/mol. The van der Waals surface area contributed by atoms with Crippen LogP contribution in [0.4, 0.5) is 0 Å². The van der Waals surface area contributed by atoms with Gasteiger partial charge >= 0.3 is 0 Å². The van der Waals surface area contributed by atoms with Crippen molar-refractivity contribution in [2.24, 2.45) is 13.0 Å². The Hall–Kier alpha value is -3.04. The molecule has 1 aromatic carbocycles. The van der Waals surface area contributed by atoms with Crippen molar-refractivity contribution >= 4 is 23.2 Å². The quantitative estimate of drug-likeness (QED) is 0.505. The number of aliphatic hydroxyl groups is 1. The van der Waals surface area contributed by atoms with Crippen molar-refractivity contribution in [1.29, 1.82) is 0 Å². The standard InChI is InChI=1S/C27H35N5O3S/c1-15(2)24(22-11-16(3)31(6)30-22)27(35)32-13-21(33)12-23(32)26(34)29-17(4)19-7-9-20(10-8-19)25-18(5)28-14-36-25/h7-11,14-15,17,21,23-24,33H,12-13H2,1-6H3,(H,29,34)/t17-,21+,23-,24+/m0/s1. The summed E-state index contributed by atoms with van der Waals surface area (Å²) in [6.07, 6.45) is -0.514. The number of likely N-dealkylation sites (tertiary alicyclic amines) is 1. The summed E-state index contributed by atoms with van der Waals surface area (Å²) < 4.78 is 1.75. The first-order valence-electron chi connectivity index (χ1n) is 12.4. The second kappa shape index (κ2) is 10.5. The molecule has 4 atom stereocenters. The zero-order valence-electron chi connectivity index (χ0n) is 21.7. The molecule has 1 saturated heterocycles. The van der Waals surface area contributed by atoms with Crippen molar-refractivity contribution in [1.82, 2.24) is 25.0 Å². The Balaban J connectivity index is 1.48. The molecule has 3 aromatic rings. The zero-order chi connectivity index (χ0) is 26.1.